The van der Waals surface area contributed by atoms with Gasteiger partial charge in [0.1, 0.15) is 5.82 Å². The SMILES string of the molecule is Cc1cc(F)ccc1S(=O)(=O)N(C)CC(C)C(=N)N. The minimum absolute atomic E-state index is 0.0622. The fourth-order valence-corrected chi connectivity index (χ4v) is 3.11. The van der Waals surface area contributed by atoms with Gasteiger partial charge in [0.15, 0.2) is 0 Å². The van der Waals surface area contributed by atoms with Crippen LogP contribution in [0.2, 0.25) is 0 Å². The monoisotopic (exact) mass is 287 g/mol. The van der Waals surface area contributed by atoms with Crippen LogP contribution in [0.3, 0.4) is 0 Å². The van der Waals surface area contributed by atoms with E-state index in [4.69, 9.17) is 11.1 Å². The van der Waals surface area contributed by atoms with Crippen molar-refractivity contribution < 1.29 is 12.8 Å². The summed E-state index contributed by atoms with van der Waals surface area (Å²) in [6, 6.07) is 3.53. The van der Waals surface area contributed by atoms with Gasteiger partial charge in [-0.3, -0.25) is 5.41 Å². The first kappa shape index (κ1) is 15.6. The molecule has 3 N–H and O–H groups in total. The van der Waals surface area contributed by atoms with Crippen LogP contribution in [0.25, 0.3) is 0 Å². The summed E-state index contributed by atoms with van der Waals surface area (Å²) in [7, 11) is -2.29. The van der Waals surface area contributed by atoms with Crippen molar-refractivity contribution in [1.29, 1.82) is 5.41 Å². The van der Waals surface area contributed by atoms with Gasteiger partial charge in [-0.25, -0.2) is 17.1 Å². The average molecular weight is 287 g/mol. The first-order valence-electron chi connectivity index (χ1n) is 5.72. The average Bonchev–Trinajstić information content (AvgIpc) is 2.27. The van der Waals surface area contributed by atoms with Gasteiger partial charge in [0.2, 0.25) is 10.0 Å². The van der Waals surface area contributed by atoms with Gasteiger partial charge in [-0.05, 0) is 30.7 Å². The zero-order chi connectivity index (χ0) is 14.8. The fourth-order valence-electron chi connectivity index (χ4n) is 1.65. The molecule has 1 aromatic carbocycles. The molecule has 7 heteroatoms. The highest BCUT2D eigenvalue weighted by Gasteiger charge is 2.24. The highest BCUT2D eigenvalue weighted by Crippen LogP contribution is 2.20. The first-order valence-corrected chi connectivity index (χ1v) is 7.16. The van der Waals surface area contributed by atoms with Gasteiger partial charge in [0.25, 0.3) is 0 Å². The van der Waals surface area contributed by atoms with E-state index in [9.17, 15) is 12.8 Å². The number of nitrogens with one attached hydrogen (secondary N) is 1. The van der Waals surface area contributed by atoms with Crippen LogP contribution >= 0.6 is 0 Å². The molecule has 0 aromatic heterocycles. The maximum Gasteiger partial charge on any atom is 0.243 e. The van der Waals surface area contributed by atoms with Crippen molar-refractivity contribution in [3.05, 3.63) is 29.6 Å². The van der Waals surface area contributed by atoms with E-state index in [1.165, 1.54) is 26.1 Å². The van der Waals surface area contributed by atoms with Crippen LogP contribution in [-0.2, 0) is 10.0 Å². The minimum atomic E-state index is -3.70. The number of nitrogens with two attached hydrogens (primary N) is 1. The van der Waals surface area contributed by atoms with Crippen molar-refractivity contribution >= 4 is 15.9 Å². The van der Waals surface area contributed by atoms with E-state index in [0.29, 0.717) is 5.56 Å². The largest absolute Gasteiger partial charge is 0.387 e. The Morgan fingerprint density at radius 3 is 2.58 bits per heavy atom. The number of rotatable bonds is 5. The zero-order valence-electron chi connectivity index (χ0n) is 11.1. The number of aryl methyl sites for hydroxylation is 1. The molecule has 1 rings (SSSR count). The second kappa shape index (κ2) is 5.66. The van der Waals surface area contributed by atoms with Crippen molar-refractivity contribution in [2.24, 2.45) is 11.7 Å². The van der Waals surface area contributed by atoms with Crippen LogP contribution in [0.15, 0.2) is 23.1 Å². The van der Waals surface area contributed by atoms with Crippen LogP contribution in [0.4, 0.5) is 4.39 Å². The van der Waals surface area contributed by atoms with Gasteiger partial charge >= 0.3 is 0 Å². The van der Waals surface area contributed by atoms with Crippen molar-refractivity contribution in [3.63, 3.8) is 0 Å². The third-order valence-corrected chi connectivity index (χ3v) is 4.87. The quantitative estimate of drug-likeness (QED) is 0.632. The highest BCUT2D eigenvalue weighted by molar-refractivity contribution is 7.89. The molecule has 106 valence electrons. The van der Waals surface area contributed by atoms with E-state index in [1.807, 2.05) is 0 Å². The molecule has 5 nitrogen and oxygen atoms in total. The Hall–Kier alpha value is -1.47. The lowest BCUT2D eigenvalue weighted by Crippen LogP contribution is -2.36. The van der Waals surface area contributed by atoms with Crippen LogP contribution in [0.1, 0.15) is 12.5 Å². The Bertz CT molecular complexity index is 587. The number of sulfonamides is 1. The predicted molar refractivity (Wildman–Crippen MR) is 72.0 cm³/mol. The highest BCUT2D eigenvalue weighted by atomic mass is 32.2. The summed E-state index contributed by atoms with van der Waals surface area (Å²) < 4.78 is 38.8. The predicted octanol–water partition coefficient (Wildman–Crippen LogP) is 1.33. The smallest absolute Gasteiger partial charge is 0.243 e. The Morgan fingerprint density at radius 1 is 1.53 bits per heavy atom. The Morgan fingerprint density at radius 2 is 2.11 bits per heavy atom. The molecule has 0 bridgehead atoms. The van der Waals surface area contributed by atoms with Crippen LogP contribution < -0.4 is 5.73 Å². The summed E-state index contributed by atoms with van der Waals surface area (Å²) in [4.78, 5) is 0.0622. The maximum atomic E-state index is 13.0. The molecule has 0 spiro atoms. The standard InChI is InChI=1S/C12H18FN3O2S/c1-8-6-10(13)4-5-11(8)19(17,18)16(3)7-9(2)12(14)15/h4-6,9H,7H2,1-3H3,(H3,14,15). The number of halogens is 1. The number of nitrogens with zero attached hydrogens (tertiary/aromatic N) is 1. The summed E-state index contributed by atoms with van der Waals surface area (Å²) in [5.41, 5.74) is 5.68. The van der Waals surface area contributed by atoms with Crippen LogP contribution in [0, 0.1) is 24.1 Å². The van der Waals surface area contributed by atoms with Crippen molar-refractivity contribution in [3.8, 4) is 0 Å². The normalized spacial score (nSPS) is 13.5. The molecule has 0 saturated heterocycles. The van der Waals surface area contributed by atoms with Crippen LogP contribution in [0.5, 0.6) is 0 Å². The van der Waals surface area contributed by atoms with Gasteiger partial charge in [0, 0.05) is 19.5 Å². The molecular formula is C12H18FN3O2S. The minimum Gasteiger partial charge on any atom is -0.387 e. The molecule has 1 aromatic rings. The molecule has 0 saturated carbocycles. The van der Waals surface area contributed by atoms with E-state index in [0.717, 1.165) is 10.4 Å². The van der Waals surface area contributed by atoms with Gasteiger partial charge < -0.3 is 5.73 Å². The third-order valence-electron chi connectivity index (χ3n) is 2.89. The molecule has 0 aliphatic rings. The summed E-state index contributed by atoms with van der Waals surface area (Å²) in [5, 5.41) is 7.28. The Balaban J connectivity index is 3.06. The zero-order valence-corrected chi connectivity index (χ0v) is 12.0. The van der Waals surface area contributed by atoms with Gasteiger partial charge in [-0.1, -0.05) is 6.92 Å². The summed E-state index contributed by atoms with van der Waals surface area (Å²) in [6.45, 7) is 3.32. The molecule has 0 radical (unpaired) electrons. The molecule has 0 fully saturated rings. The lowest BCUT2D eigenvalue weighted by Gasteiger charge is -2.21. The van der Waals surface area contributed by atoms with E-state index in [2.05, 4.69) is 0 Å². The number of hydrogen-bond acceptors (Lipinski definition) is 3. The van der Waals surface area contributed by atoms with Crippen molar-refractivity contribution in [2.45, 2.75) is 18.7 Å². The molecular weight excluding hydrogens is 269 g/mol. The first-order chi connectivity index (χ1) is 8.66. The van der Waals surface area contributed by atoms with Crippen LogP contribution in [-0.4, -0.2) is 32.2 Å². The second-order valence-corrected chi connectivity index (χ2v) is 6.57. The molecule has 0 aliphatic heterocycles. The lowest BCUT2D eigenvalue weighted by molar-refractivity contribution is 0.442. The third kappa shape index (κ3) is 3.51. The molecule has 0 heterocycles. The number of hydrogen-bond donors (Lipinski definition) is 2. The van der Waals surface area contributed by atoms with E-state index < -0.39 is 15.8 Å². The van der Waals surface area contributed by atoms with Crippen molar-refractivity contribution in [1.82, 2.24) is 4.31 Å². The Labute approximate surface area is 112 Å². The molecule has 1 atom stereocenters. The molecule has 19 heavy (non-hydrogen) atoms. The summed E-state index contributed by atoms with van der Waals surface area (Å²) in [6.07, 6.45) is 0. The summed E-state index contributed by atoms with van der Waals surface area (Å²) in [5.74, 6) is -0.922. The van der Waals surface area contributed by atoms with E-state index in [1.54, 1.807) is 6.92 Å². The van der Waals surface area contributed by atoms with Gasteiger partial charge in [-0.15, -0.1) is 0 Å². The van der Waals surface area contributed by atoms with Crippen molar-refractivity contribution in [2.75, 3.05) is 13.6 Å². The summed E-state index contributed by atoms with van der Waals surface area (Å²) >= 11 is 0. The fraction of sp³-hybridized carbons (Fsp3) is 0.417. The van der Waals surface area contributed by atoms with E-state index in [-0.39, 0.29) is 23.2 Å². The van der Waals surface area contributed by atoms with E-state index >= 15 is 0 Å². The van der Waals surface area contributed by atoms with Gasteiger partial charge in [-0.2, -0.15) is 0 Å². The molecule has 1 unspecified atom stereocenters. The molecule has 0 aliphatic carbocycles. The second-order valence-electron chi connectivity index (χ2n) is 4.55. The number of benzene rings is 1. The lowest BCUT2D eigenvalue weighted by atomic mass is 10.2. The van der Waals surface area contributed by atoms with Gasteiger partial charge in [0.05, 0.1) is 10.7 Å². The Kier molecular flexibility index (Phi) is 4.65. The topological polar surface area (TPSA) is 87.2 Å². The maximum absolute atomic E-state index is 13.0. The molecule has 0 amide bonds. The number of amidine groups is 1.